The number of hydrogen-bond donors (Lipinski definition) is 1. The van der Waals surface area contributed by atoms with E-state index in [1.165, 1.54) is 0 Å². The number of ether oxygens (including phenoxy) is 1. The Morgan fingerprint density at radius 1 is 1.00 bits per heavy atom. The highest BCUT2D eigenvalue weighted by Gasteiger charge is 2.58. The molecular formula is C23H17ClO3S. The highest BCUT2D eigenvalue weighted by Crippen LogP contribution is 2.62. The number of Topliss-reactive ketones (excluding diaryl/α,β-unsaturated/α-hetero) is 1. The van der Waals surface area contributed by atoms with Gasteiger partial charge in [0.1, 0.15) is 17.8 Å². The van der Waals surface area contributed by atoms with Crippen LogP contribution in [0.1, 0.15) is 32.8 Å². The van der Waals surface area contributed by atoms with Crippen molar-refractivity contribution in [3.8, 4) is 5.75 Å². The van der Waals surface area contributed by atoms with E-state index in [0.29, 0.717) is 16.3 Å². The molecule has 0 bridgehead atoms. The quantitative estimate of drug-likeness (QED) is 0.579. The van der Waals surface area contributed by atoms with E-state index < -0.39 is 11.5 Å². The molecule has 1 spiro atoms. The van der Waals surface area contributed by atoms with Crippen LogP contribution in [0.5, 0.6) is 5.75 Å². The Bertz CT molecular complexity index is 1070. The summed E-state index contributed by atoms with van der Waals surface area (Å²) in [6.45, 7) is 0.124. The van der Waals surface area contributed by atoms with Gasteiger partial charge in [0.15, 0.2) is 5.78 Å². The number of benzene rings is 3. The zero-order valence-electron chi connectivity index (χ0n) is 14.8. The van der Waals surface area contributed by atoms with E-state index in [9.17, 15) is 9.90 Å². The van der Waals surface area contributed by atoms with Gasteiger partial charge in [0, 0.05) is 9.92 Å². The Morgan fingerprint density at radius 2 is 1.71 bits per heavy atom. The third-order valence-corrected chi connectivity index (χ3v) is 7.41. The maximum absolute atomic E-state index is 13.8. The molecule has 2 heterocycles. The normalized spacial score (nSPS) is 25.7. The van der Waals surface area contributed by atoms with Gasteiger partial charge < -0.3 is 9.84 Å². The first-order valence-electron chi connectivity index (χ1n) is 9.07. The van der Waals surface area contributed by atoms with E-state index in [2.05, 4.69) is 0 Å². The molecule has 0 aromatic heterocycles. The van der Waals surface area contributed by atoms with Crippen molar-refractivity contribution in [1.82, 2.24) is 0 Å². The standard InChI is InChI=1S/C23H17ClO3S/c24-15-11-9-14(10-12-15)22-23(21(26)17-6-2-4-8-19(17)28-22)13-27-18-7-3-1-5-16(18)20(23)25/h1-12,21-22,26H,13H2/t21-,22-,23+/m0/s1. The first kappa shape index (κ1) is 17.8. The Kier molecular flexibility index (Phi) is 4.23. The fourth-order valence-corrected chi connectivity index (χ4v) is 5.82. The molecule has 2 aliphatic heterocycles. The summed E-state index contributed by atoms with van der Waals surface area (Å²) in [5, 5.41) is 11.8. The van der Waals surface area contributed by atoms with Gasteiger partial charge >= 0.3 is 0 Å². The van der Waals surface area contributed by atoms with E-state index in [-0.39, 0.29) is 17.6 Å². The largest absolute Gasteiger partial charge is 0.492 e. The van der Waals surface area contributed by atoms with Crippen LogP contribution < -0.4 is 4.74 Å². The number of fused-ring (bicyclic) bond motifs is 2. The maximum atomic E-state index is 13.8. The van der Waals surface area contributed by atoms with Gasteiger partial charge in [0.2, 0.25) is 0 Å². The predicted molar refractivity (Wildman–Crippen MR) is 110 cm³/mol. The van der Waals surface area contributed by atoms with Crippen LogP contribution >= 0.6 is 23.4 Å². The van der Waals surface area contributed by atoms with Gasteiger partial charge in [-0.15, -0.1) is 11.8 Å². The lowest BCUT2D eigenvalue weighted by Crippen LogP contribution is -2.50. The average Bonchev–Trinajstić information content (AvgIpc) is 2.73. The SMILES string of the molecule is O=C1c2ccccc2OC[C@]12[C@@H](O)c1ccccc1S[C@H]2c1ccc(Cl)cc1. The smallest absolute Gasteiger partial charge is 0.180 e. The van der Waals surface area contributed by atoms with Crippen molar-refractivity contribution in [2.24, 2.45) is 5.41 Å². The summed E-state index contributed by atoms with van der Waals surface area (Å²) in [5.74, 6) is 0.493. The number of ketones is 1. The van der Waals surface area contributed by atoms with Gasteiger partial charge in [-0.25, -0.2) is 0 Å². The average molecular weight is 409 g/mol. The van der Waals surface area contributed by atoms with E-state index in [4.69, 9.17) is 16.3 Å². The third kappa shape index (κ3) is 2.52. The van der Waals surface area contributed by atoms with E-state index in [1.54, 1.807) is 23.9 Å². The molecule has 0 saturated heterocycles. The second-order valence-corrected chi connectivity index (χ2v) is 8.73. The fraction of sp³-hybridized carbons (Fsp3) is 0.174. The lowest BCUT2D eigenvalue weighted by atomic mass is 9.68. The highest BCUT2D eigenvalue weighted by molar-refractivity contribution is 7.99. The number of carbonyl (C=O) groups is 1. The first-order valence-corrected chi connectivity index (χ1v) is 10.3. The van der Waals surface area contributed by atoms with E-state index in [1.807, 2.05) is 60.7 Å². The van der Waals surface area contributed by atoms with Crippen molar-refractivity contribution in [2.75, 3.05) is 6.61 Å². The Morgan fingerprint density at radius 3 is 2.54 bits per heavy atom. The monoisotopic (exact) mass is 408 g/mol. The van der Waals surface area contributed by atoms with Crippen molar-refractivity contribution in [3.63, 3.8) is 0 Å². The van der Waals surface area contributed by atoms with Crippen LogP contribution in [0.2, 0.25) is 5.02 Å². The maximum Gasteiger partial charge on any atom is 0.180 e. The van der Waals surface area contributed by atoms with Crippen LogP contribution in [0.3, 0.4) is 0 Å². The second kappa shape index (κ2) is 6.66. The molecule has 0 radical (unpaired) electrons. The minimum absolute atomic E-state index is 0.0798. The molecule has 0 amide bonds. The zero-order valence-corrected chi connectivity index (χ0v) is 16.4. The number of para-hydroxylation sites is 1. The molecule has 28 heavy (non-hydrogen) atoms. The molecule has 3 aromatic carbocycles. The van der Waals surface area contributed by atoms with Crippen molar-refractivity contribution in [1.29, 1.82) is 0 Å². The number of hydrogen-bond acceptors (Lipinski definition) is 4. The molecule has 5 rings (SSSR count). The van der Waals surface area contributed by atoms with Gasteiger partial charge in [-0.2, -0.15) is 0 Å². The summed E-state index contributed by atoms with van der Waals surface area (Å²) < 4.78 is 6.03. The molecule has 5 heteroatoms. The van der Waals surface area contributed by atoms with Crippen LogP contribution in [0.15, 0.2) is 77.7 Å². The van der Waals surface area contributed by atoms with Crippen molar-refractivity contribution in [3.05, 3.63) is 94.5 Å². The summed E-state index contributed by atoms with van der Waals surface area (Å²) >= 11 is 7.68. The van der Waals surface area contributed by atoms with Crippen molar-refractivity contribution < 1.29 is 14.6 Å². The Labute approximate surface area is 172 Å². The van der Waals surface area contributed by atoms with E-state index >= 15 is 0 Å². The van der Waals surface area contributed by atoms with Crippen LogP contribution in [-0.2, 0) is 0 Å². The Balaban J connectivity index is 1.73. The molecule has 3 atom stereocenters. The second-order valence-electron chi connectivity index (χ2n) is 7.14. The molecule has 3 nitrogen and oxygen atoms in total. The Hall–Kier alpha value is -2.27. The fourth-order valence-electron chi connectivity index (χ4n) is 4.16. The molecule has 0 aliphatic carbocycles. The summed E-state index contributed by atoms with van der Waals surface area (Å²) in [4.78, 5) is 14.8. The van der Waals surface area contributed by atoms with Crippen LogP contribution in [0.25, 0.3) is 0 Å². The highest BCUT2D eigenvalue weighted by atomic mass is 35.5. The summed E-state index contributed by atoms with van der Waals surface area (Å²) in [6.07, 6.45) is -0.966. The lowest BCUT2D eigenvalue weighted by molar-refractivity contribution is -0.0121. The van der Waals surface area contributed by atoms with Gasteiger partial charge in [-0.1, -0.05) is 54.1 Å². The van der Waals surface area contributed by atoms with Crippen LogP contribution in [0, 0.1) is 5.41 Å². The molecule has 0 saturated carbocycles. The van der Waals surface area contributed by atoms with Gasteiger partial charge in [-0.05, 0) is 41.5 Å². The molecule has 3 aromatic rings. The zero-order chi connectivity index (χ0) is 19.3. The van der Waals surface area contributed by atoms with Gasteiger partial charge in [0.25, 0.3) is 0 Å². The lowest BCUT2D eigenvalue weighted by Gasteiger charge is -2.48. The molecule has 140 valence electrons. The van der Waals surface area contributed by atoms with Crippen molar-refractivity contribution in [2.45, 2.75) is 16.2 Å². The molecule has 0 fully saturated rings. The van der Waals surface area contributed by atoms with Gasteiger partial charge in [-0.3, -0.25) is 4.79 Å². The minimum atomic E-state index is -1.11. The van der Waals surface area contributed by atoms with Gasteiger partial charge in [0.05, 0.1) is 16.9 Å². The number of aliphatic hydroxyl groups excluding tert-OH is 1. The predicted octanol–water partition coefficient (Wildman–Crippen LogP) is 5.48. The molecule has 1 N–H and O–H groups in total. The van der Waals surface area contributed by atoms with Crippen LogP contribution in [0.4, 0.5) is 0 Å². The van der Waals surface area contributed by atoms with E-state index in [0.717, 1.165) is 16.0 Å². The summed E-state index contributed by atoms with van der Waals surface area (Å²) in [7, 11) is 0. The molecule has 2 aliphatic rings. The topological polar surface area (TPSA) is 46.5 Å². The molecule has 0 unspecified atom stereocenters. The minimum Gasteiger partial charge on any atom is -0.492 e. The number of halogens is 1. The number of thioether (sulfide) groups is 1. The third-order valence-electron chi connectivity index (χ3n) is 5.61. The van der Waals surface area contributed by atoms with Crippen LogP contribution in [-0.4, -0.2) is 17.5 Å². The summed E-state index contributed by atoms with van der Waals surface area (Å²) in [5.41, 5.74) is 1.13. The number of carbonyl (C=O) groups excluding carboxylic acids is 1. The molecular weight excluding hydrogens is 392 g/mol. The number of aliphatic hydroxyl groups is 1. The van der Waals surface area contributed by atoms with Crippen molar-refractivity contribution >= 4 is 29.1 Å². The number of rotatable bonds is 1. The summed E-state index contributed by atoms with van der Waals surface area (Å²) in [6, 6.07) is 22.5. The first-order chi connectivity index (χ1) is 13.6.